The van der Waals surface area contributed by atoms with Crippen LogP contribution in [0.2, 0.25) is 0 Å². The van der Waals surface area contributed by atoms with Gasteiger partial charge >= 0.3 is 0 Å². The number of amides is 1. The second-order valence-electron chi connectivity index (χ2n) is 5.88. The number of nitrogens with one attached hydrogen (secondary N) is 1. The molecule has 7 heteroatoms. The number of rotatable bonds is 3. The number of sulfone groups is 1. The van der Waals surface area contributed by atoms with Gasteiger partial charge in [0.05, 0.1) is 5.75 Å². The van der Waals surface area contributed by atoms with Crippen LogP contribution in [-0.2, 0) is 14.6 Å². The van der Waals surface area contributed by atoms with Crippen LogP contribution in [0.15, 0.2) is 0 Å². The van der Waals surface area contributed by atoms with Gasteiger partial charge in [-0.15, -0.1) is 12.4 Å². The van der Waals surface area contributed by atoms with Crippen LogP contribution in [-0.4, -0.2) is 56.4 Å². The smallest absolute Gasteiger partial charge is 0.224 e. The van der Waals surface area contributed by atoms with E-state index in [1.54, 1.807) is 0 Å². The van der Waals surface area contributed by atoms with E-state index < -0.39 is 9.84 Å². The first-order chi connectivity index (χ1) is 8.47. The van der Waals surface area contributed by atoms with E-state index in [1.807, 2.05) is 4.90 Å². The molecule has 19 heavy (non-hydrogen) atoms. The van der Waals surface area contributed by atoms with Crippen molar-refractivity contribution in [2.24, 2.45) is 11.8 Å². The highest BCUT2D eigenvalue weighted by Crippen LogP contribution is 2.47. The van der Waals surface area contributed by atoms with Gasteiger partial charge < -0.3 is 10.2 Å². The Balaban J connectivity index is 0.00000133. The van der Waals surface area contributed by atoms with Crippen LogP contribution in [0.25, 0.3) is 0 Å². The Labute approximate surface area is 120 Å². The van der Waals surface area contributed by atoms with Crippen LogP contribution in [0.1, 0.15) is 19.3 Å². The molecule has 0 radical (unpaired) electrons. The summed E-state index contributed by atoms with van der Waals surface area (Å²) >= 11 is 0. The van der Waals surface area contributed by atoms with E-state index in [-0.39, 0.29) is 30.5 Å². The average molecular weight is 309 g/mol. The zero-order chi connectivity index (χ0) is 12.9. The third kappa shape index (κ3) is 2.62. The zero-order valence-electron chi connectivity index (χ0n) is 11.0. The third-order valence-corrected chi connectivity index (χ3v) is 5.69. The second-order valence-corrected chi connectivity index (χ2v) is 8.14. The van der Waals surface area contributed by atoms with Crippen molar-refractivity contribution in [2.75, 3.05) is 25.1 Å². The van der Waals surface area contributed by atoms with Crippen LogP contribution < -0.4 is 5.32 Å². The van der Waals surface area contributed by atoms with Gasteiger partial charge in [-0.1, -0.05) is 0 Å². The van der Waals surface area contributed by atoms with E-state index in [9.17, 15) is 13.2 Å². The van der Waals surface area contributed by atoms with E-state index in [0.29, 0.717) is 23.9 Å². The van der Waals surface area contributed by atoms with E-state index in [0.717, 1.165) is 25.9 Å². The maximum Gasteiger partial charge on any atom is 0.224 e. The van der Waals surface area contributed by atoms with E-state index in [4.69, 9.17) is 0 Å². The number of carbonyl (C=O) groups is 1. The van der Waals surface area contributed by atoms with Gasteiger partial charge in [-0.25, -0.2) is 8.42 Å². The maximum absolute atomic E-state index is 12.2. The van der Waals surface area contributed by atoms with Crippen molar-refractivity contribution < 1.29 is 13.2 Å². The number of halogens is 1. The summed E-state index contributed by atoms with van der Waals surface area (Å²) in [6, 6.07) is 0.726. The molecule has 0 aliphatic carbocycles. The Kier molecular flexibility index (Phi) is 4.14. The molecular formula is C12H21ClN2O3S. The van der Waals surface area contributed by atoms with Gasteiger partial charge in [0.15, 0.2) is 0 Å². The zero-order valence-corrected chi connectivity index (χ0v) is 12.7. The molecule has 0 unspecified atom stereocenters. The second kappa shape index (κ2) is 5.22. The van der Waals surface area contributed by atoms with Gasteiger partial charge in [-0.3, -0.25) is 4.79 Å². The Hall–Kier alpha value is -0.330. The van der Waals surface area contributed by atoms with Crippen LogP contribution in [0.4, 0.5) is 0 Å². The molecule has 0 aromatic rings. The highest BCUT2D eigenvalue weighted by Gasteiger charge is 2.55. The number of nitrogens with zero attached hydrogens (tertiary/aromatic N) is 1. The first-order valence-electron chi connectivity index (χ1n) is 6.67. The lowest BCUT2D eigenvalue weighted by Crippen LogP contribution is -2.39. The Morgan fingerprint density at radius 3 is 2.21 bits per heavy atom. The largest absolute Gasteiger partial charge is 0.336 e. The lowest BCUT2D eigenvalue weighted by Gasteiger charge is -2.24. The van der Waals surface area contributed by atoms with E-state index in [2.05, 4.69) is 5.32 Å². The molecule has 0 aromatic heterocycles. The molecule has 3 aliphatic rings. The van der Waals surface area contributed by atoms with Gasteiger partial charge in [0.2, 0.25) is 5.91 Å². The van der Waals surface area contributed by atoms with Crippen molar-refractivity contribution >= 4 is 28.2 Å². The normalized spacial score (nSPS) is 36.2. The predicted molar refractivity (Wildman–Crippen MR) is 75.1 cm³/mol. The molecule has 3 heterocycles. The molecule has 1 N–H and O–H groups in total. The van der Waals surface area contributed by atoms with E-state index in [1.165, 1.54) is 6.26 Å². The Morgan fingerprint density at radius 1 is 1.21 bits per heavy atom. The summed E-state index contributed by atoms with van der Waals surface area (Å²) in [4.78, 5) is 14.2. The fraction of sp³-hybridized carbons (Fsp3) is 0.917. The molecule has 0 aromatic carbocycles. The number of hydrogen-bond donors (Lipinski definition) is 1. The monoisotopic (exact) mass is 308 g/mol. The van der Waals surface area contributed by atoms with Crippen molar-refractivity contribution in [3.63, 3.8) is 0 Å². The van der Waals surface area contributed by atoms with Crippen LogP contribution in [0.5, 0.6) is 0 Å². The number of hydrogen-bond acceptors (Lipinski definition) is 4. The molecule has 3 rings (SSSR count). The SMILES string of the molecule is CS(=O)(=O)CCC(=O)N1[C@@H]2CC[C@H]1[C@H]1CNC[C@H]12.Cl. The summed E-state index contributed by atoms with van der Waals surface area (Å²) in [5.41, 5.74) is 0. The quantitative estimate of drug-likeness (QED) is 0.800. The minimum absolute atomic E-state index is 0. The first kappa shape index (κ1) is 15.1. The molecule has 5 nitrogen and oxygen atoms in total. The fourth-order valence-electron chi connectivity index (χ4n) is 4.04. The summed E-state index contributed by atoms with van der Waals surface area (Å²) in [6.45, 7) is 2.03. The van der Waals surface area contributed by atoms with Crippen molar-refractivity contribution in [1.29, 1.82) is 0 Å². The van der Waals surface area contributed by atoms with Crippen LogP contribution >= 0.6 is 12.4 Å². The Bertz CT molecular complexity index is 450. The van der Waals surface area contributed by atoms with Crippen molar-refractivity contribution in [3.8, 4) is 0 Å². The Morgan fingerprint density at radius 2 is 1.74 bits per heavy atom. The minimum atomic E-state index is -3.04. The highest BCUT2D eigenvalue weighted by molar-refractivity contribution is 7.90. The lowest BCUT2D eigenvalue weighted by atomic mass is 9.82. The van der Waals surface area contributed by atoms with Crippen molar-refractivity contribution in [1.82, 2.24) is 10.2 Å². The third-order valence-electron chi connectivity index (χ3n) is 4.75. The fourth-order valence-corrected chi connectivity index (χ4v) is 4.59. The van der Waals surface area contributed by atoms with Crippen LogP contribution in [0.3, 0.4) is 0 Å². The predicted octanol–water partition coefficient (Wildman–Crippen LogP) is 0.0517. The highest BCUT2D eigenvalue weighted by atomic mass is 35.5. The van der Waals surface area contributed by atoms with Crippen molar-refractivity contribution in [3.05, 3.63) is 0 Å². The summed E-state index contributed by atoms with van der Waals surface area (Å²) in [5, 5.41) is 3.41. The van der Waals surface area contributed by atoms with Crippen LogP contribution in [0, 0.1) is 11.8 Å². The molecule has 2 bridgehead atoms. The summed E-state index contributed by atoms with van der Waals surface area (Å²) in [5.74, 6) is 1.23. The number of carbonyl (C=O) groups excluding carboxylic acids is 1. The topological polar surface area (TPSA) is 66.5 Å². The molecule has 0 saturated carbocycles. The molecular weight excluding hydrogens is 288 g/mol. The molecule has 110 valence electrons. The summed E-state index contributed by atoms with van der Waals surface area (Å²) in [7, 11) is -3.04. The van der Waals surface area contributed by atoms with Crippen molar-refractivity contribution in [2.45, 2.75) is 31.3 Å². The molecule has 3 saturated heterocycles. The standard InChI is InChI=1S/C12H20N2O3S.ClH/c1-18(16,17)5-4-12(15)14-10-2-3-11(14)9-7-13-6-8(9)10;/h8-11,13H,2-7H2,1H3;1H/t8-,9+,10-,11+;. The lowest BCUT2D eigenvalue weighted by molar-refractivity contribution is -0.132. The van der Waals surface area contributed by atoms with Gasteiger partial charge in [-0.2, -0.15) is 0 Å². The van der Waals surface area contributed by atoms with Gasteiger partial charge in [-0.05, 0) is 24.7 Å². The maximum atomic E-state index is 12.2. The summed E-state index contributed by atoms with van der Waals surface area (Å²) in [6.07, 6.45) is 3.53. The van der Waals surface area contributed by atoms with Gasteiger partial charge in [0, 0.05) is 37.8 Å². The molecule has 3 fully saturated rings. The summed E-state index contributed by atoms with van der Waals surface area (Å²) < 4.78 is 22.3. The number of fused-ring (bicyclic) bond motifs is 5. The minimum Gasteiger partial charge on any atom is -0.336 e. The molecule has 3 aliphatic heterocycles. The average Bonchev–Trinajstić information content (AvgIpc) is 2.95. The van der Waals surface area contributed by atoms with E-state index >= 15 is 0 Å². The first-order valence-corrected chi connectivity index (χ1v) is 8.73. The van der Waals surface area contributed by atoms with Gasteiger partial charge in [0.1, 0.15) is 9.84 Å². The molecule has 0 spiro atoms. The molecule has 4 atom stereocenters. The molecule has 1 amide bonds. The van der Waals surface area contributed by atoms with Gasteiger partial charge in [0.25, 0.3) is 0 Å².